The second-order valence-electron chi connectivity index (χ2n) is 5.85. The number of nitrogens with one attached hydrogen (secondary N) is 1. The van der Waals surface area contributed by atoms with Gasteiger partial charge in [0.15, 0.2) is 5.96 Å². The molecule has 0 radical (unpaired) electrons. The van der Waals surface area contributed by atoms with Gasteiger partial charge in [-0.2, -0.15) is 0 Å². The van der Waals surface area contributed by atoms with Crippen molar-refractivity contribution in [2.45, 2.75) is 26.3 Å². The largest absolute Gasteiger partial charge is 0.508 e. The second kappa shape index (κ2) is 9.60. The molecule has 2 aromatic rings. The summed E-state index contributed by atoms with van der Waals surface area (Å²) >= 11 is 0. The molecule has 0 saturated carbocycles. The molecule has 0 aliphatic carbocycles. The third kappa shape index (κ3) is 5.95. The van der Waals surface area contributed by atoms with Gasteiger partial charge in [0.25, 0.3) is 0 Å². The monoisotopic (exact) mass is 325 g/mol. The van der Waals surface area contributed by atoms with E-state index in [4.69, 9.17) is 4.99 Å². The summed E-state index contributed by atoms with van der Waals surface area (Å²) in [6, 6.07) is 17.8. The van der Waals surface area contributed by atoms with Crippen LogP contribution in [-0.4, -0.2) is 36.1 Å². The lowest BCUT2D eigenvalue weighted by atomic mass is 10.1. The van der Waals surface area contributed by atoms with Crippen molar-refractivity contribution in [3.63, 3.8) is 0 Å². The highest BCUT2D eigenvalue weighted by molar-refractivity contribution is 5.79. The molecule has 0 unspecified atom stereocenters. The van der Waals surface area contributed by atoms with E-state index < -0.39 is 0 Å². The summed E-state index contributed by atoms with van der Waals surface area (Å²) in [6.45, 7) is 4.56. The molecular weight excluding hydrogens is 298 g/mol. The van der Waals surface area contributed by atoms with Crippen LogP contribution in [0, 0.1) is 0 Å². The molecule has 0 aliphatic rings. The molecule has 0 amide bonds. The van der Waals surface area contributed by atoms with Crippen LogP contribution in [0.15, 0.2) is 59.6 Å². The first-order valence-electron chi connectivity index (χ1n) is 8.50. The fraction of sp³-hybridized carbons (Fsp3) is 0.350. The van der Waals surface area contributed by atoms with Gasteiger partial charge < -0.3 is 15.3 Å². The Hall–Kier alpha value is -2.49. The summed E-state index contributed by atoms with van der Waals surface area (Å²) < 4.78 is 0. The van der Waals surface area contributed by atoms with Gasteiger partial charge in [0.1, 0.15) is 5.75 Å². The van der Waals surface area contributed by atoms with E-state index in [1.807, 2.05) is 18.2 Å². The van der Waals surface area contributed by atoms with Gasteiger partial charge in [-0.05, 0) is 43.0 Å². The first-order valence-corrected chi connectivity index (χ1v) is 8.50. The Morgan fingerprint density at radius 2 is 1.75 bits per heavy atom. The average Bonchev–Trinajstić information content (AvgIpc) is 2.60. The zero-order chi connectivity index (χ0) is 17.2. The molecular formula is C20H27N3O. The minimum Gasteiger partial charge on any atom is -0.508 e. The summed E-state index contributed by atoms with van der Waals surface area (Å²) in [5, 5.41) is 12.7. The number of aryl methyl sites for hydroxylation is 1. The Labute approximate surface area is 144 Å². The average molecular weight is 325 g/mol. The number of phenolic OH excluding ortho intramolecular Hbond substituents is 1. The van der Waals surface area contributed by atoms with Gasteiger partial charge in [0.2, 0.25) is 0 Å². The highest BCUT2D eigenvalue weighted by Crippen LogP contribution is 2.11. The molecule has 2 N–H and O–H groups in total. The molecule has 4 heteroatoms. The number of guanidine groups is 1. The maximum atomic E-state index is 9.31. The van der Waals surface area contributed by atoms with Crippen LogP contribution in [0.25, 0.3) is 0 Å². The van der Waals surface area contributed by atoms with Crippen LogP contribution in [0.2, 0.25) is 0 Å². The second-order valence-corrected chi connectivity index (χ2v) is 5.85. The van der Waals surface area contributed by atoms with E-state index in [0.29, 0.717) is 5.75 Å². The van der Waals surface area contributed by atoms with Gasteiger partial charge in [0, 0.05) is 26.7 Å². The fourth-order valence-electron chi connectivity index (χ4n) is 2.53. The molecule has 4 nitrogen and oxygen atoms in total. The van der Waals surface area contributed by atoms with Crippen molar-refractivity contribution in [3.8, 4) is 5.75 Å². The first kappa shape index (κ1) is 17.9. The molecule has 0 bridgehead atoms. The molecule has 0 fully saturated rings. The predicted octanol–water partition coefficient (Wildman–Crippen LogP) is 3.42. The summed E-state index contributed by atoms with van der Waals surface area (Å²) in [6.07, 6.45) is 1.95. The zero-order valence-corrected chi connectivity index (χ0v) is 14.6. The summed E-state index contributed by atoms with van der Waals surface area (Å²) in [5.41, 5.74) is 2.50. The molecule has 128 valence electrons. The topological polar surface area (TPSA) is 47.9 Å². The quantitative estimate of drug-likeness (QED) is 0.466. The van der Waals surface area contributed by atoms with Gasteiger partial charge >= 0.3 is 0 Å². The van der Waals surface area contributed by atoms with Crippen LogP contribution in [0.5, 0.6) is 5.75 Å². The number of rotatable bonds is 7. The van der Waals surface area contributed by atoms with Crippen molar-refractivity contribution in [1.29, 1.82) is 0 Å². The van der Waals surface area contributed by atoms with Gasteiger partial charge in [-0.15, -0.1) is 0 Å². The van der Waals surface area contributed by atoms with Crippen molar-refractivity contribution >= 4 is 5.96 Å². The number of nitrogens with zero attached hydrogens (tertiary/aromatic N) is 2. The van der Waals surface area contributed by atoms with E-state index in [2.05, 4.69) is 48.5 Å². The normalized spacial score (nSPS) is 11.3. The number of aliphatic imine (C=N–C) groups is 1. The number of hydrogen-bond donors (Lipinski definition) is 2. The summed E-state index contributed by atoms with van der Waals surface area (Å²) in [7, 11) is 2.06. The van der Waals surface area contributed by atoms with Crippen molar-refractivity contribution < 1.29 is 5.11 Å². The Morgan fingerprint density at radius 3 is 2.42 bits per heavy atom. The molecule has 0 heterocycles. The van der Waals surface area contributed by atoms with Crippen molar-refractivity contribution in [1.82, 2.24) is 10.2 Å². The van der Waals surface area contributed by atoms with Crippen LogP contribution >= 0.6 is 0 Å². The van der Waals surface area contributed by atoms with Crippen LogP contribution in [0.4, 0.5) is 0 Å². The van der Waals surface area contributed by atoms with E-state index >= 15 is 0 Å². The van der Waals surface area contributed by atoms with E-state index in [0.717, 1.165) is 38.4 Å². The summed E-state index contributed by atoms with van der Waals surface area (Å²) in [5.74, 6) is 1.25. The van der Waals surface area contributed by atoms with Crippen molar-refractivity contribution in [2.24, 2.45) is 4.99 Å². The van der Waals surface area contributed by atoms with Gasteiger partial charge in [-0.1, -0.05) is 42.5 Å². The van der Waals surface area contributed by atoms with Gasteiger partial charge in [-0.3, -0.25) is 4.99 Å². The van der Waals surface area contributed by atoms with Gasteiger partial charge in [0.05, 0.1) is 0 Å². The standard InChI is InChI=1S/C20H27N3O/c1-3-21-20(23(2)16-18-8-5-4-6-9-18)22-15-7-10-17-11-13-19(24)14-12-17/h4-6,8-9,11-14,24H,3,7,10,15-16H2,1-2H3,(H,21,22). The van der Waals surface area contributed by atoms with Crippen LogP contribution in [0.1, 0.15) is 24.5 Å². The lowest BCUT2D eigenvalue weighted by molar-refractivity contribution is 0.475. The third-order valence-corrected chi connectivity index (χ3v) is 3.78. The Bertz CT molecular complexity index is 623. The van der Waals surface area contributed by atoms with Crippen LogP contribution in [-0.2, 0) is 13.0 Å². The first-order chi connectivity index (χ1) is 11.7. The van der Waals surface area contributed by atoms with E-state index in [1.165, 1.54) is 11.1 Å². The molecule has 0 atom stereocenters. The zero-order valence-electron chi connectivity index (χ0n) is 14.6. The third-order valence-electron chi connectivity index (χ3n) is 3.78. The maximum absolute atomic E-state index is 9.31. The fourth-order valence-corrected chi connectivity index (χ4v) is 2.53. The lowest BCUT2D eigenvalue weighted by Crippen LogP contribution is -2.38. The molecule has 0 saturated heterocycles. The molecule has 2 aromatic carbocycles. The smallest absolute Gasteiger partial charge is 0.193 e. The molecule has 0 spiro atoms. The molecule has 24 heavy (non-hydrogen) atoms. The number of benzene rings is 2. The maximum Gasteiger partial charge on any atom is 0.193 e. The van der Waals surface area contributed by atoms with Crippen molar-refractivity contribution in [2.75, 3.05) is 20.1 Å². The number of aromatic hydroxyl groups is 1. The Morgan fingerprint density at radius 1 is 1.04 bits per heavy atom. The highest BCUT2D eigenvalue weighted by Gasteiger charge is 2.06. The van der Waals surface area contributed by atoms with Crippen LogP contribution in [0.3, 0.4) is 0 Å². The number of hydrogen-bond acceptors (Lipinski definition) is 2. The molecule has 2 rings (SSSR count). The van der Waals surface area contributed by atoms with Crippen LogP contribution < -0.4 is 5.32 Å². The Kier molecular flexibility index (Phi) is 7.15. The Balaban J connectivity index is 1.86. The van der Waals surface area contributed by atoms with E-state index in [-0.39, 0.29) is 0 Å². The minimum atomic E-state index is 0.314. The predicted molar refractivity (Wildman–Crippen MR) is 100 cm³/mol. The molecule has 0 aliphatic heterocycles. The number of phenols is 1. The molecule has 0 aromatic heterocycles. The minimum absolute atomic E-state index is 0.314. The van der Waals surface area contributed by atoms with Gasteiger partial charge in [-0.25, -0.2) is 0 Å². The summed E-state index contributed by atoms with van der Waals surface area (Å²) in [4.78, 5) is 6.88. The van der Waals surface area contributed by atoms with E-state index in [1.54, 1.807) is 12.1 Å². The lowest BCUT2D eigenvalue weighted by Gasteiger charge is -2.22. The van der Waals surface area contributed by atoms with Crippen molar-refractivity contribution in [3.05, 3.63) is 65.7 Å². The SMILES string of the molecule is CCNC(=NCCCc1ccc(O)cc1)N(C)Cc1ccccc1. The highest BCUT2D eigenvalue weighted by atomic mass is 16.3. The van der Waals surface area contributed by atoms with E-state index in [9.17, 15) is 5.11 Å².